The van der Waals surface area contributed by atoms with E-state index in [0.29, 0.717) is 12.2 Å². The summed E-state index contributed by atoms with van der Waals surface area (Å²) in [7, 11) is -0.679. The van der Waals surface area contributed by atoms with E-state index < -0.39 is 10.8 Å². The Balaban J connectivity index is 1.42. The van der Waals surface area contributed by atoms with Crippen molar-refractivity contribution in [3.8, 4) is 11.1 Å². The van der Waals surface area contributed by atoms with E-state index in [1.807, 2.05) is 18.2 Å². The molecule has 2 saturated heterocycles. The van der Waals surface area contributed by atoms with E-state index in [4.69, 9.17) is 0 Å². The van der Waals surface area contributed by atoms with Gasteiger partial charge in [-0.1, -0.05) is 54.6 Å². The van der Waals surface area contributed by atoms with Gasteiger partial charge in [-0.05, 0) is 42.4 Å². The molecule has 124 valence electrons. The van der Waals surface area contributed by atoms with Gasteiger partial charge in [0.2, 0.25) is 0 Å². The molecule has 0 amide bonds. The molecule has 0 N–H and O–H groups in total. The van der Waals surface area contributed by atoms with Crippen molar-refractivity contribution in [2.45, 2.75) is 42.6 Å². The van der Waals surface area contributed by atoms with Gasteiger partial charge in [-0.3, -0.25) is 9.00 Å². The van der Waals surface area contributed by atoms with Gasteiger partial charge < -0.3 is 0 Å². The third-order valence-corrected chi connectivity index (χ3v) is 7.63. The zero-order valence-corrected chi connectivity index (χ0v) is 14.5. The number of ketones is 1. The molecular formula is C21H22O2S. The standard InChI is InChI=1S/C21H22O2S/c22-21(18-13-19-10-11-20(14-18)24(19)23)12-15-6-8-17(9-7-15)16-4-2-1-3-5-16/h1-9,18-20H,10-14H2. The lowest BCUT2D eigenvalue weighted by Crippen LogP contribution is -2.32. The number of hydrogen-bond acceptors (Lipinski definition) is 2. The first-order chi connectivity index (χ1) is 11.7. The van der Waals surface area contributed by atoms with Gasteiger partial charge in [0.25, 0.3) is 0 Å². The van der Waals surface area contributed by atoms with Crippen LogP contribution in [0, 0.1) is 5.92 Å². The summed E-state index contributed by atoms with van der Waals surface area (Å²) >= 11 is 0. The monoisotopic (exact) mass is 338 g/mol. The van der Waals surface area contributed by atoms with Gasteiger partial charge in [0.1, 0.15) is 5.78 Å². The summed E-state index contributed by atoms with van der Waals surface area (Å²) in [4.78, 5) is 12.6. The molecule has 3 heteroatoms. The number of rotatable bonds is 4. The van der Waals surface area contributed by atoms with Crippen molar-refractivity contribution in [3.05, 3.63) is 60.2 Å². The van der Waals surface area contributed by atoms with E-state index >= 15 is 0 Å². The Morgan fingerprint density at radius 3 is 2.08 bits per heavy atom. The fraction of sp³-hybridized carbons (Fsp3) is 0.381. The molecule has 2 nitrogen and oxygen atoms in total. The van der Waals surface area contributed by atoms with Crippen LogP contribution in [0.15, 0.2) is 54.6 Å². The van der Waals surface area contributed by atoms with E-state index in [1.165, 1.54) is 11.1 Å². The smallest absolute Gasteiger partial charge is 0.140 e. The average Bonchev–Trinajstić information content (AvgIpc) is 2.84. The van der Waals surface area contributed by atoms with Crippen LogP contribution in [-0.2, 0) is 22.0 Å². The molecule has 0 spiro atoms. The topological polar surface area (TPSA) is 34.1 Å². The Kier molecular flexibility index (Phi) is 4.36. The largest absolute Gasteiger partial charge is 0.299 e. The molecule has 2 bridgehead atoms. The second-order valence-corrected chi connectivity index (χ2v) is 9.01. The van der Waals surface area contributed by atoms with Crippen LogP contribution >= 0.6 is 0 Å². The first-order valence-corrected chi connectivity index (χ1v) is 10.0. The Morgan fingerprint density at radius 2 is 1.46 bits per heavy atom. The summed E-state index contributed by atoms with van der Waals surface area (Å²) < 4.78 is 12.1. The van der Waals surface area contributed by atoms with Gasteiger partial charge in [-0.2, -0.15) is 0 Å². The highest BCUT2D eigenvalue weighted by atomic mass is 32.2. The molecule has 2 unspecified atom stereocenters. The summed E-state index contributed by atoms with van der Waals surface area (Å²) in [6, 6.07) is 18.6. The van der Waals surface area contributed by atoms with Crippen molar-refractivity contribution in [3.63, 3.8) is 0 Å². The second-order valence-electron chi connectivity index (χ2n) is 7.02. The normalized spacial score (nSPS) is 28.7. The zero-order valence-electron chi connectivity index (χ0n) is 13.7. The Labute approximate surface area is 145 Å². The van der Waals surface area contributed by atoms with Gasteiger partial charge in [0.15, 0.2) is 0 Å². The second kappa shape index (κ2) is 6.64. The van der Waals surface area contributed by atoms with Crippen LogP contribution in [-0.4, -0.2) is 20.5 Å². The number of carbonyl (C=O) groups is 1. The average molecular weight is 338 g/mol. The third-order valence-electron chi connectivity index (χ3n) is 5.46. The van der Waals surface area contributed by atoms with E-state index in [9.17, 15) is 9.00 Å². The van der Waals surface area contributed by atoms with Crippen molar-refractivity contribution >= 4 is 16.6 Å². The molecule has 24 heavy (non-hydrogen) atoms. The van der Waals surface area contributed by atoms with Gasteiger partial charge in [0.05, 0.1) is 0 Å². The highest BCUT2D eigenvalue weighted by Gasteiger charge is 2.42. The number of hydrogen-bond donors (Lipinski definition) is 0. The highest BCUT2D eigenvalue weighted by molar-refractivity contribution is 7.86. The summed E-state index contributed by atoms with van der Waals surface area (Å²) in [5.41, 5.74) is 3.46. The molecule has 4 rings (SSSR count). The predicted molar refractivity (Wildman–Crippen MR) is 98.3 cm³/mol. The van der Waals surface area contributed by atoms with Crippen molar-refractivity contribution in [1.82, 2.24) is 0 Å². The summed E-state index contributed by atoms with van der Waals surface area (Å²) in [6.45, 7) is 0. The van der Waals surface area contributed by atoms with Crippen molar-refractivity contribution < 1.29 is 9.00 Å². The van der Waals surface area contributed by atoms with Crippen molar-refractivity contribution in [2.24, 2.45) is 5.92 Å². The lowest BCUT2D eigenvalue weighted by Gasteiger charge is -2.26. The van der Waals surface area contributed by atoms with Gasteiger partial charge >= 0.3 is 0 Å². The minimum atomic E-state index is -0.679. The Hall–Kier alpha value is -1.74. The van der Waals surface area contributed by atoms with Crippen molar-refractivity contribution in [1.29, 1.82) is 0 Å². The molecule has 2 aliphatic heterocycles. The van der Waals surface area contributed by atoms with Gasteiger partial charge in [-0.15, -0.1) is 0 Å². The van der Waals surface area contributed by atoms with E-state index in [1.54, 1.807) is 0 Å². The van der Waals surface area contributed by atoms with Crippen LogP contribution in [0.5, 0.6) is 0 Å². The molecule has 2 atom stereocenters. The maximum Gasteiger partial charge on any atom is 0.140 e. The van der Waals surface area contributed by atoms with Crippen LogP contribution in [0.3, 0.4) is 0 Å². The highest BCUT2D eigenvalue weighted by Crippen LogP contribution is 2.39. The molecular weight excluding hydrogens is 316 g/mol. The quantitative estimate of drug-likeness (QED) is 0.839. The molecule has 2 aromatic carbocycles. The minimum absolute atomic E-state index is 0.119. The van der Waals surface area contributed by atoms with Gasteiger partial charge in [-0.25, -0.2) is 0 Å². The first-order valence-electron chi connectivity index (χ1n) is 8.77. The van der Waals surface area contributed by atoms with E-state index in [-0.39, 0.29) is 16.4 Å². The maximum absolute atomic E-state index is 12.6. The Morgan fingerprint density at radius 1 is 0.875 bits per heavy atom. The van der Waals surface area contributed by atoms with Crippen LogP contribution < -0.4 is 0 Å². The number of fused-ring (bicyclic) bond motifs is 2. The number of benzene rings is 2. The lowest BCUT2D eigenvalue weighted by molar-refractivity contribution is -0.122. The molecule has 0 saturated carbocycles. The first kappa shape index (κ1) is 15.8. The fourth-order valence-corrected chi connectivity index (χ4v) is 6.21. The number of carbonyl (C=O) groups excluding carboxylic acids is 1. The Bertz CT molecular complexity index is 735. The summed E-state index contributed by atoms with van der Waals surface area (Å²) in [5, 5.41) is 0.552. The van der Waals surface area contributed by atoms with Gasteiger partial charge in [0, 0.05) is 33.6 Å². The molecule has 2 aromatic rings. The summed E-state index contributed by atoms with van der Waals surface area (Å²) in [5.74, 6) is 0.449. The summed E-state index contributed by atoms with van der Waals surface area (Å²) in [6.07, 6.45) is 4.28. The SMILES string of the molecule is O=C(Cc1ccc(-c2ccccc2)cc1)C1CC2CCC(C1)S2=O. The predicted octanol–water partition coefficient (Wildman–Crippen LogP) is 4.15. The molecule has 0 aromatic heterocycles. The minimum Gasteiger partial charge on any atom is -0.299 e. The van der Waals surface area contributed by atoms with Crippen LogP contribution in [0.1, 0.15) is 31.2 Å². The lowest BCUT2D eigenvalue weighted by atomic mass is 9.90. The van der Waals surface area contributed by atoms with E-state index in [0.717, 1.165) is 31.2 Å². The number of Topliss-reactive ketones (excluding diaryl/α,β-unsaturated/α-hetero) is 1. The van der Waals surface area contributed by atoms with Crippen LogP contribution in [0.25, 0.3) is 11.1 Å². The van der Waals surface area contributed by atoms with E-state index in [2.05, 4.69) is 36.4 Å². The molecule has 2 heterocycles. The third kappa shape index (κ3) is 3.10. The van der Waals surface area contributed by atoms with Crippen LogP contribution in [0.4, 0.5) is 0 Å². The molecule has 2 aliphatic rings. The van der Waals surface area contributed by atoms with Crippen LogP contribution in [0.2, 0.25) is 0 Å². The van der Waals surface area contributed by atoms with Crippen molar-refractivity contribution in [2.75, 3.05) is 0 Å². The zero-order chi connectivity index (χ0) is 16.5. The molecule has 2 fully saturated rings. The fourth-order valence-electron chi connectivity index (χ4n) is 4.09. The maximum atomic E-state index is 12.6. The molecule has 0 radical (unpaired) electrons. The molecule has 0 aliphatic carbocycles.